The van der Waals surface area contributed by atoms with Gasteiger partial charge in [0.1, 0.15) is 6.04 Å². The van der Waals surface area contributed by atoms with Crippen LogP contribution in [0.15, 0.2) is 24.3 Å². The van der Waals surface area contributed by atoms with Gasteiger partial charge in [-0.2, -0.15) is 0 Å². The van der Waals surface area contributed by atoms with E-state index in [4.69, 9.17) is 4.74 Å². The molecule has 0 aromatic heterocycles. The topological polar surface area (TPSA) is 96.0 Å². The molecule has 3 heterocycles. The molecule has 3 aliphatic heterocycles. The fourth-order valence-electron chi connectivity index (χ4n) is 4.73. The van der Waals surface area contributed by atoms with Gasteiger partial charge in [-0.3, -0.25) is 24.6 Å². The standard InChI is InChI=1S/C15H24N2O3.C8H5NO2/c1-16-14(18)13(7-11-5-3-2-4-6-11)17(15(16)19)8-12-9-20-10-12;10-7-5-3-1-2-4-6(5)8(11)9-7/h11-13H,2-10H2,1H3;1-4H,(H,9,10,11). The zero-order valence-electron chi connectivity index (χ0n) is 17.8. The molecule has 1 unspecified atom stereocenters. The Bertz CT molecular complexity index is 843. The first-order valence-corrected chi connectivity index (χ1v) is 11.1. The molecular formula is C23H29N3O5. The highest BCUT2D eigenvalue weighted by Crippen LogP contribution is 2.32. The summed E-state index contributed by atoms with van der Waals surface area (Å²) in [6.45, 7) is 2.11. The van der Waals surface area contributed by atoms with E-state index < -0.39 is 0 Å². The van der Waals surface area contributed by atoms with Crippen molar-refractivity contribution in [2.24, 2.45) is 11.8 Å². The Hall–Kier alpha value is -2.74. The molecule has 1 aromatic rings. The molecule has 1 atom stereocenters. The van der Waals surface area contributed by atoms with Crippen LogP contribution in [0.2, 0.25) is 0 Å². The number of rotatable bonds is 4. The quantitative estimate of drug-likeness (QED) is 0.588. The average molecular weight is 428 g/mol. The van der Waals surface area contributed by atoms with Crippen molar-refractivity contribution in [1.82, 2.24) is 15.1 Å². The number of urea groups is 1. The number of carbonyl (C=O) groups is 4. The van der Waals surface area contributed by atoms with E-state index in [2.05, 4.69) is 5.32 Å². The SMILES string of the molecule is CN1C(=O)C(CC2CCCCC2)N(CC2COC2)C1=O.O=C1NC(=O)c2ccccc21. The van der Waals surface area contributed by atoms with Crippen LogP contribution in [-0.2, 0) is 9.53 Å². The zero-order chi connectivity index (χ0) is 22.0. The van der Waals surface area contributed by atoms with Crippen LogP contribution < -0.4 is 5.32 Å². The summed E-state index contributed by atoms with van der Waals surface area (Å²) in [6.07, 6.45) is 7.13. The summed E-state index contributed by atoms with van der Waals surface area (Å²) in [5, 5.41) is 2.20. The van der Waals surface area contributed by atoms with Crippen LogP contribution in [0.3, 0.4) is 0 Å². The summed E-state index contributed by atoms with van der Waals surface area (Å²) in [4.78, 5) is 49.5. The maximum atomic E-state index is 12.3. The van der Waals surface area contributed by atoms with Crippen LogP contribution >= 0.6 is 0 Å². The van der Waals surface area contributed by atoms with Gasteiger partial charge in [0.15, 0.2) is 0 Å². The van der Waals surface area contributed by atoms with E-state index in [1.807, 2.05) is 0 Å². The van der Waals surface area contributed by atoms with Crippen molar-refractivity contribution >= 4 is 23.8 Å². The van der Waals surface area contributed by atoms with E-state index in [-0.39, 0.29) is 29.8 Å². The van der Waals surface area contributed by atoms with Crippen LogP contribution in [-0.4, -0.2) is 66.4 Å². The maximum absolute atomic E-state index is 12.3. The molecule has 8 heteroatoms. The number of benzene rings is 1. The molecule has 5 amide bonds. The number of amides is 5. The number of hydrogen-bond acceptors (Lipinski definition) is 5. The van der Waals surface area contributed by atoms with Crippen LogP contribution in [0.4, 0.5) is 4.79 Å². The average Bonchev–Trinajstić information content (AvgIpc) is 3.15. The summed E-state index contributed by atoms with van der Waals surface area (Å²) in [7, 11) is 1.61. The van der Waals surface area contributed by atoms with Crippen molar-refractivity contribution in [2.45, 2.75) is 44.6 Å². The summed E-state index contributed by atoms with van der Waals surface area (Å²) in [5.74, 6) is 0.404. The molecule has 1 aliphatic carbocycles. The minimum Gasteiger partial charge on any atom is -0.381 e. The van der Waals surface area contributed by atoms with Gasteiger partial charge in [0.05, 0.1) is 24.3 Å². The van der Waals surface area contributed by atoms with E-state index in [0.29, 0.717) is 29.5 Å². The van der Waals surface area contributed by atoms with Crippen molar-refractivity contribution in [3.8, 4) is 0 Å². The fraction of sp³-hybridized carbons (Fsp3) is 0.565. The Morgan fingerprint density at radius 1 is 0.935 bits per heavy atom. The van der Waals surface area contributed by atoms with E-state index in [9.17, 15) is 19.2 Å². The van der Waals surface area contributed by atoms with Gasteiger partial charge in [-0.25, -0.2) is 4.79 Å². The van der Waals surface area contributed by atoms with Crippen molar-refractivity contribution < 1.29 is 23.9 Å². The molecule has 166 valence electrons. The lowest BCUT2D eigenvalue weighted by atomic mass is 9.84. The highest BCUT2D eigenvalue weighted by Gasteiger charge is 2.45. The number of hydrogen-bond donors (Lipinski definition) is 1. The lowest BCUT2D eigenvalue weighted by Crippen LogP contribution is -2.45. The number of ether oxygens (including phenoxy) is 1. The minimum absolute atomic E-state index is 0.0131. The summed E-state index contributed by atoms with van der Waals surface area (Å²) < 4.78 is 5.18. The van der Waals surface area contributed by atoms with Crippen molar-refractivity contribution in [3.05, 3.63) is 35.4 Å². The van der Waals surface area contributed by atoms with Gasteiger partial charge in [0.25, 0.3) is 17.7 Å². The van der Waals surface area contributed by atoms with Crippen LogP contribution in [0.1, 0.15) is 59.2 Å². The zero-order valence-corrected chi connectivity index (χ0v) is 17.8. The molecule has 8 nitrogen and oxygen atoms in total. The van der Waals surface area contributed by atoms with Crippen LogP contribution in [0.25, 0.3) is 0 Å². The Kier molecular flexibility index (Phi) is 6.36. The molecular weight excluding hydrogens is 398 g/mol. The number of fused-ring (bicyclic) bond motifs is 1. The number of likely N-dealkylation sites (N-methyl/N-ethyl adjacent to an activating group) is 1. The molecule has 0 bridgehead atoms. The molecule has 1 N–H and O–H groups in total. The lowest BCUT2D eigenvalue weighted by molar-refractivity contribution is -0.128. The van der Waals surface area contributed by atoms with Gasteiger partial charge in [-0.15, -0.1) is 0 Å². The largest absolute Gasteiger partial charge is 0.381 e. The van der Waals surface area contributed by atoms with Gasteiger partial charge in [0.2, 0.25) is 0 Å². The first-order chi connectivity index (χ1) is 15.0. The van der Waals surface area contributed by atoms with Gasteiger partial charge in [-0.05, 0) is 24.5 Å². The molecule has 1 aromatic carbocycles. The maximum Gasteiger partial charge on any atom is 0.327 e. The smallest absolute Gasteiger partial charge is 0.327 e. The second kappa shape index (κ2) is 9.18. The molecule has 5 rings (SSSR count). The molecule has 3 fully saturated rings. The third-order valence-electron chi connectivity index (χ3n) is 6.61. The number of nitrogens with zero attached hydrogens (tertiary/aromatic N) is 2. The summed E-state index contributed by atoms with van der Waals surface area (Å²) in [6, 6.07) is 6.39. The second-order valence-corrected chi connectivity index (χ2v) is 8.82. The molecule has 31 heavy (non-hydrogen) atoms. The number of carbonyl (C=O) groups excluding carboxylic acids is 4. The third-order valence-corrected chi connectivity index (χ3v) is 6.61. The lowest BCUT2D eigenvalue weighted by Gasteiger charge is -2.33. The summed E-state index contributed by atoms with van der Waals surface area (Å²) >= 11 is 0. The van der Waals surface area contributed by atoms with Crippen molar-refractivity contribution in [3.63, 3.8) is 0 Å². The number of nitrogens with one attached hydrogen (secondary N) is 1. The molecule has 0 radical (unpaired) electrons. The predicted octanol–water partition coefficient (Wildman–Crippen LogP) is 2.44. The highest BCUT2D eigenvalue weighted by atomic mass is 16.5. The number of imide groups is 2. The van der Waals surface area contributed by atoms with E-state index in [1.54, 1.807) is 36.2 Å². The van der Waals surface area contributed by atoms with Crippen molar-refractivity contribution in [2.75, 3.05) is 26.8 Å². The first kappa shape index (κ1) is 21.5. The monoisotopic (exact) mass is 427 g/mol. The molecule has 1 saturated carbocycles. The Morgan fingerprint density at radius 2 is 1.55 bits per heavy atom. The molecule has 0 spiro atoms. The fourth-order valence-corrected chi connectivity index (χ4v) is 4.73. The van der Waals surface area contributed by atoms with E-state index in [0.717, 1.165) is 19.6 Å². The van der Waals surface area contributed by atoms with Gasteiger partial charge >= 0.3 is 6.03 Å². The van der Waals surface area contributed by atoms with Crippen LogP contribution in [0.5, 0.6) is 0 Å². The third kappa shape index (κ3) is 4.49. The van der Waals surface area contributed by atoms with Crippen LogP contribution in [0, 0.1) is 11.8 Å². The Morgan fingerprint density at radius 3 is 2.10 bits per heavy atom. The minimum atomic E-state index is -0.300. The van der Waals surface area contributed by atoms with Gasteiger partial charge in [0, 0.05) is 19.5 Å². The predicted molar refractivity (Wildman–Crippen MR) is 112 cm³/mol. The summed E-state index contributed by atoms with van der Waals surface area (Å²) in [5.41, 5.74) is 0.940. The van der Waals surface area contributed by atoms with Gasteiger partial charge in [-0.1, -0.05) is 44.2 Å². The normalized spacial score (nSPS) is 24.0. The first-order valence-electron chi connectivity index (χ1n) is 11.1. The van der Waals surface area contributed by atoms with Crippen molar-refractivity contribution in [1.29, 1.82) is 0 Å². The molecule has 4 aliphatic rings. The highest BCUT2D eigenvalue weighted by molar-refractivity contribution is 6.21. The Labute approximate surface area is 181 Å². The molecule has 2 saturated heterocycles. The van der Waals surface area contributed by atoms with Gasteiger partial charge < -0.3 is 9.64 Å². The second-order valence-electron chi connectivity index (χ2n) is 8.82. The Balaban J connectivity index is 0.000000177. The van der Waals surface area contributed by atoms with E-state index in [1.165, 1.54) is 37.0 Å². The van der Waals surface area contributed by atoms with E-state index >= 15 is 0 Å².